The first-order valence-electron chi connectivity index (χ1n) is 8.57. The van der Waals surface area contributed by atoms with E-state index in [1.165, 1.54) is 6.42 Å². The number of carbonyl (C=O) groups excluding carboxylic acids is 1. The molecule has 0 unspecified atom stereocenters. The lowest BCUT2D eigenvalue weighted by Gasteiger charge is -2.27. The molecule has 2 aliphatic rings. The molecule has 1 N–H and O–H groups in total. The molecule has 1 aliphatic carbocycles. The van der Waals surface area contributed by atoms with Crippen LogP contribution in [-0.2, 0) is 0 Å². The first kappa shape index (κ1) is 15.7. The van der Waals surface area contributed by atoms with Gasteiger partial charge in [-0.2, -0.15) is 0 Å². The zero-order chi connectivity index (χ0) is 17.2. The van der Waals surface area contributed by atoms with Crippen molar-refractivity contribution < 1.29 is 14.3 Å². The number of piperidine rings is 1. The molecule has 2 amide bonds. The fourth-order valence-corrected chi connectivity index (χ4v) is 3.70. The van der Waals surface area contributed by atoms with Crippen LogP contribution in [0, 0.1) is 5.92 Å². The van der Waals surface area contributed by atoms with Gasteiger partial charge in [0, 0.05) is 18.7 Å². The van der Waals surface area contributed by atoms with Crippen LogP contribution in [0.15, 0.2) is 42.6 Å². The second-order valence-electron chi connectivity index (χ2n) is 6.55. The van der Waals surface area contributed by atoms with Crippen LogP contribution in [0.5, 0.6) is 17.4 Å². The van der Waals surface area contributed by atoms with E-state index in [9.17, 15) is 4.79 Å². The molecule has 1 saturated carbocycles. The van der Waals surface area contributed by atoms with E-state index in [0.29, 0.717) is 35.0 Å². The fraction of sp³-hybridized carbons (Fsp3) is 0.368. The first-order chi connectivity index (χ1) is 12.2. The van der Waals surface area contributed by atoms with E-state index >= 15 is 0 Å². The third kappa shape index (κ3) is 3.24. The van der Waals surface area contributed by atoms with Crippen LogP contribution in [0.3, 0.4) is 0 Å². The summed E-state index contributed by atoms with van der Waals surface area (Å²) in [6, 6.07) is 11.3. The third-order valence-corrected chi connectivity index (χ3v) is 4.94. The highest BCUT2D eigenvalue weighted by molar-refractivity contribution is 5.89. The van der Waals surface area contributed by atoms with Gasteiger partial charge in [0.25, 0.3) is 0 Å². The van der Waals surface area contributed by atoms with Gasteiger partial charge in [-0.3, -0.25) is 0 Å². The lowest BCUT2D eigenvalue weighted by Crippen LogP contribution is -2.40. The monoisotopic (exact) mass is 339 g/mol. The van der Waals surface area contributed by atoms with Crippen molar-refractivity contribution in [3.05, 3.63) is 42.6 Å². The number of nitrogens with one attached hydrogen (secondary N) is 1. The Morgan fingerprint density at radius 1 is 1.20 bits per heavy atom. The van der Waals surface area contributed by atoms with E-state index in [1.807, 2.05) is 29.2 Å². The molecule has 1 aromatic carbocycles. The summed E-state index contributed by atoms with van der Waals surface area (Å²) in [6.45, 7) is 0.874. The highest BCUT2D eigenvalue weighted by atomic mass is 16.5. The van der Waals surface area contributed by atoms with Crippen molar-refractivity contribution in [2.45, 2.75) is 25.3 Å². The van der Waals surface area contributed by atoms with Crippen LogP contribution < -0.4 is 14.8 Å². The number of aromatic nitrogens is 1. The number of hydrogen-bond acceptors (Lipinski definition) is 4. The molecule has 1 aromatic heterocycles. The van der Waals surface area contributed by atoms with Crippen molar-refractivity contribution in [3.63, 3.8) is 0 Å². The van der Waals surface area contributed by atoms with Crippen molar-refractivity contribution in [2.24, 2.45) is 5.92 Å². The van der Waals surface area contributed by atoms with E-state index in [2.05, 4.69) is 10.3 Å². The van der Waals surface area contributed by atoms with Gasteiger partial charge in [0.15, 0.2) is 11.5 Å². The highest BCUT2D eigenvalue weighted by Crippen LogP contribution is 2.37. The molecular weight excluding hydrogens is 318 g/mol. The van der Waals surface area contributed by atoms with E-state index in [-0.39, 0.29) is 6.03 Å². The Kier molecular flexibility index (Phi) is 4.17. The largest absolute Gasteiger partial charge is 0.493 e. The molecule has 4 rings (SSSR count). The quantitative estimate of drug-likeness (QED) is 0.917. The molecule has 2 bridgehead atoms. The average Bonchev–Trinajstić information content (AvgIpc) is 3.27. The van der Waals surface area contributed by atoms with Crippen molar-refractivity contribution in [1.82, 2.24) is 9.88 Å². The van der Waals surface area contributed by atoms with Crippen LogP contribution in [0.4, 0.5) is 10.5 Å². The Morgan fingerprint density at radius 2 is 2.04 bits per heavy atom. The standard InChI is InChI=1S/C19H21N3O3/c1-24-16-4-2-3-5-17(16)25-18-9-7-14(11-20-18)21-19(23)22-12-13-6-8-15(22)10-13/h2-5,7,9,11,13,15H,6,8,10,12H2,1H3,(H,21,23)/t13-,15-/m0/s1. The summed E-state index contributed by atoms with van der Waals surface area (Å²) in [5.41, 5.74) is 0.667. The van der Waals surface area contributed by atoms with Gasteiger partial charge in [-0.15, -0.1) is 0 Å². The fourth-order valence-electron chi connectivity index (χ4n) is 3.70. The minimum absolute atomic E-state index is 0.0348. The molecule has 130 valence electrons. The summed E-state index contributed by atoms with van der Waals surface area (Å²) < 4.78 is 11.0. The van der Waals surface area contributed by atoms with Crippen LogP contribution in [-0.4, -0.2) is 35.6 Å². The Labute approximate surface area is 146 Å². The second kappa shape index (κ2) is 6.63. The lowest BCUT2D eigenvalue weighted by molar-refractivity contribution is 0.194. The molecule has 6 nitrogen and oxygen atoms in total. The zero-order valence-electron chi connectivity index (χ0n) is 14.1. The van der Waals surface area contributed by atoms with Gasteiger partial charge in [0.2, 0.25) is 5.88 Å². The summed E-state index contributed by atoms with van der Waals surface area (Å²) in [7, 11) is 1.60. The van der Waals surface area contributed by atoms with Crippen molar-refractivity contribution in [3.8, 4) is 17.4 Å². The summed E-state index contributed by atoms with van der Waals surface area (Å²) in [5.74, 6) is 2.38. The molecule has 0 spiro atoms. The number of benzene rings is 1. The maximum absolute atomic E-state index is 12.4. The summed E-state index contributed by atoms with van der Waals surface area (Å²) in [5, 5.41) is 2.93. The molecule has 2 aromatic rings. The number of para-hydroxylation sites is 2. The number of methoxy groups -OCH3 is 1. The van der Waals surface area contributed by atoms with E-state index in [0.717, 1.165) is 19.4 Å². The number of amides is 2. The lowest BCUT2D eigenvalue weighted by atomic mass is 10.1. The van der Waals surface area contributed by atoms with Gasteiger partial charge in [-0.1, -0.05) is 12.1 Å². The number of hydrogen-bond donors (Lipinski definition) is 1. The predicted octanol–water partition coefficient (Wildman–Crippen LogP) is 3.90. The molecule has 6 heteroatoms. The first-order valence-corrected chi connectivity index (χ1v) is 8.57. The van der Waals surface area contributed by atoms with Gasteiger partial charge >= 0.3 is 6.03 Å². The SMILES string of the molecule is COc1ccccc1Oc1ccc(NC(=O)N2C[C@H]3CC[C@H]2C3)cn1. The van der Waals surface area contributed by atoms with Crippen molar-refractivity contribution in [1.29, 1.82) is 0 Å². The van der Waals surface area contributed by atoms with E-state index in [4.69, 9.17) is 9.47 Å². The summed E-state index contributed by atoms with van der Waals surface area (Å²) in [6.07, 6.45) is 5.14. The van der Waals surface area contributed by atoms with Crippen molar-refractivity contribution in [2.75, 3.05) is 19.0 Å². The number of urea groups is 1. The minimum Gasteiger partial charge on any atom is -0.493 e. The molecule has 1 aliphatic heterocycles. The average molecular weight is 339 g/mol. The topological polar surface area (TPSA) is 63.7 Å². The second-order valence-corrected chi connectivity index (χ2v) is 6.55. The number of fused-ring (bicyclic) bond motifs is 2. The number of rotatable bonds is 4. The Balaban J connectivity index is 1.39. The van der Waals surface area contributed by atoms with Gasteiger partial charge in [0.05, 0.1) is 19.0 Å². The molecule has 2 atom stereocenters. The number of likely N-dealkylation sites (tertiary alicyclic amines) is 1. The van der Waals surface area contributed by atoms with Crippen LogP contribution >= 0.6 is 0 Å². The number of ether oxygens (including phenoxy) is 2. The number of nitrogens with zero attached hydrogens (tertiary/aromatic N) is 2. The minimum atomic E-state index is -0.0348. The molecule has 0 radical (unpaired) electrons. The Hall–Kier alpha value is -2.76. The zero-order valence-corrected chi connectivity index (χ0v) is 14.1. The van der Waals surface area contributed by atoms with E-state index in [1.54, 1.807) is 25.4 Å². The van der Waals surface area contributed by atoms with Crippen LogP contribution in [0.1, 0.15) is 19.3 Å². The molecule has 2 heterocycles. The van der Waals surface area contributed by atoms with Gasteiger partial charge < -0.3 is 19.7 Å². The normalized spacial score (nSPS) is 21.2. The number of anilines is 1. The third-order valence-electron chi connectivity index (χ3n) is 4.94. The van der Waals surface area contributed by atoms with Crippen molar-refractivity contribution >= 4 is 11.7 Å². The van der Waals surface area contributed by atoms with Gasteiger partial charge in [-0.25, -0.2) is 9.78 Å². The molecule has 25 heavy (non-hydrogen) atoms. The van der Waals surface area contributed by atoms with Gasteiger partial charge in [-0.05, 0) is 43.4 Å². The van der Waals surface area contributed by atoms with Crippen LogP contribution in [0.25, 0.3) is 0 Å². The molecular formula is C19H21N3O3. The summed E-state index contributed by atoms with van der Waals surface area (Å²) >= 11 is 0. The van der Waals surface area contributed by atoms with Crippen LogP contribution in [0.2, 0.25) is 0 Å². The summed E-state index contributed by atoms with van der Waals surface area (Å²) in [4.78, 5) is 18.6. The maximum Gasteiger partial charge on any atom is 0.322 e. The smallest absolute Gasteiger partial charge is 0.322 e. The Bertz CT molecular complexity index is 763. The Morgan fingerprint density at radius 3 is 2.68 bits per heavy atom. The predicted molar refractivity (Wildman–Crippen MR) is 94.2 cm³/mol. The number of carbonyl (C=O) groups is 1. The number of pyridine rings is 1. The maximum atomic E-state index is 12.4. The van der Waals surface area contributed by atoms with E-state index < -0.39 is 0 Å². The van der Waals surface area contributed by atoms with Gasteiger partial charge in [0.1, 0.15) is 0 Å². The highest BCUT2D eigenvalue weighted by Gasteiger charge is 2.40. The molecule has 2 fully saturated rings. The molecule has 1 saturated heterocycles.